The lowest BCUT2D eigenvalue weighted by molar-refractivity contribution is 0.588. The van der Waals surface area contributed by atoms with E-state index in [1.807, 2.05) is 4.68 Å². The number of rotatable bonds is 5. The largest absolute Gasteiger partial charge is 0.310 e. The van der Waals surface area contributed by atoms with Crippen LogP contribution in [0.15, 0.2) is 34.9 Å². The highest BCUT2D eigenvalue weighted by Crippen LogP contribution is 2.39. The van der Waals surface area contributed by atoms with E-state index in [9.17, 15) is 0 Å². The fourth-order valence-corrected chi connectivity index (χ4v) is 2.72. The zero-order chi connectivity index (χ0) is 14.1. The Morgan fingerprint density at radius 1 is 1.35 bits per heavy atom. The number of hydrogen-bond donors (Lipinski definition) is 1. The predicted molar refractivity (Wildman–Crippen MR) is 85.2 cm³/mol. The smallest absolute Gasteiger partial charge is 0.0659 e. The minimum atomic E-state index is 0.494. The highest BCUT2D eigenvalue weighted by Gasteiger charge is 2.25. The van der Waals surface area contributed by atoms with Crippen LogP contribution in [0.5, 0.6) is 0 Å². The second kappa shape index (κ2) is 5.70. The molecule has 0 atom stereocenters. The molecule has 1 aliphatic carbocycles. The number of nitrogens with one attached hydrogen (secondary N) is 1. The molecule has 1 N–H and O–H groups in total. The predicted octanol–water partition coefficient (Wildman–Crippen LogP) is 4.01. The van der Waals surface area contributed by atoms with E-state index in [0.717, 1.165) is 16.7 Å². The SMILES string of the molecule is CC(C)NCc1ccc(-n2ccc(C3CC3)n2)cc1Br. The minimum Gasteiger partial charge on any atom is -0.310 e. The van der Waals surface area contributed by atoms with Crippen molar-refractivity contribution in [2.75, 3.05) is 0 Å². The van der Waals surface area contributed by atoms with Crippen LogP contribution in [0.2, 0.25) is 0 Å². The maximum Gasteiger partial charge on any atom is 0.0659 e. The van der Waals surface area contributed by atoms with Crippen LogP contribution >= 0.6 is 15.9 Å². The summed E-state index contributed by atoms with van der Waals surface area (Å²) in [7, 11) is 0. The Morgan fingerprint density at radius 3 is 2.80 bits per heavy atom. The van der Waals surface area contributed by atoms with Gasteiger partial charge in [-0.2, -0.15) is 5.10 Å². The molecule has 20 heavy (non-hydrogen) atoms. The van der Waals surface area contributed by atoms with Crippen molar-refractivity contribution >= 4 is 15.9 Å². The lowest BCUT2D eigenvalue weighted by Gasteiger charge is -2.11. The highest BCUT2D eigenvalue weighted by atomic mass is 79.9. The van der Waals surface area contributed by atoms with E-state index in [1.54, 1.807) is 0 Å². The average Bonchev–Trinajstić information content (AvgIpc) is 3.15. The van der Waals surface area contributed by atoms with Gasteiger partial charge in [-0.15, -0.1) is 0 Å². The zero-order valence-corrected chi connectivity index (χ0v) is 13.5. The number of benzene rings is 1. The van der Waals surface area contributed by atoms with Gasteiger partial charge in [0.25, 0.3) is 0 Å². The van der Waals surface area contributed by atoms with Gasteiger partial charge in [0, 0.05) is 29.2 Å². The van der Waals surface area contributed by atoms with Crippen LogP contribution in [0.3, 0.4) is 0 Å². The molecule has 3 nitrogen and oxygen atoms in total. The summed E-state index contributed by atoms with van der Waals surface area (Å²) in [5.41, 5.74) is 3.61. The number of hydrogen-bond acceptors (Lipinski definition) is 2. The molecular formula is C16H20BrN3. The molecule has 0 amide bonds. The molecule has 0 aliphatic heterocycles. The van der Waals surface area contributed by atoms with Gasteiger partial charge in [-0.3, -0.25) is 0 Å². The molecule has 0 saturated heterocycles. The zero-order valence-electron chi connectivity index (χ0n) is 11.9. The summed E-state index contributed by atoms with van der Waals surface area (Å²) in [6.45, 7) is 5.20. The molecule has 1 saturated carbocycles. The van der Waals surface area contributed by atoms with Crippen LogP contribution in [-0.4, -0.2) is 15.8 Å². The van der Waals surface area contributed by atoms with Crippen LogP contribution in [0, 0.1) is 0 Å². The first-order chi connectivity index (χ1) is 9.63. The normalized spacial score (nSPS) is 15.0. The van der Waals surface area contributed by atoms with Crippen LogP contribution in [0.4, 0.5) is 0 Å². The fraction of sp³-hybridized carbons (Fsp3) is 0.438. The molecular weight excluding hydrogens is 314 g/mol. The highest BCUT2D eigenvalue weighted by molar-refractivity contribution is 9.10. The third kappa shape index (κ3) is 3.13. The maximum absolute atomic E-state index is 4.67. The Balaban J connectivity index is 1.78. The Bertz CT molecular complexity index is 600. The molecule has 1 heterocycles. The lowest BCUT2D eigenvalue weighted by atomic mass is 10.2. The van der Waals surface area contributed by atoms with Crippen molar-refractivity contribution in [3.8, 4) is 5.69 Å². The summed E-state index contributed by atoms with van der Waals surface area (Å²) in [6, 6.07) is 9.06. The van der Waals surface area contributed by atoms with E-state index >= 15 is 0 Å². The summed E-state index contributed by atoms with van der Waals surface area (Å²) >= 11 is 3.66. The molecule has 106 valence electrons. The van der Waals surface area contributed by atoms with Crippen molar-refractivity contribution in [2.45, 2.75) is 45.2 Å². The van der Waals surface area contributed by atoms with Crippen LogP contribution < -0.4 is 5.32 Å². The van der Waals surface area contributed by atoms with E-state index in [2.05, 4.69) is 70.7 Å². The topological polar surface area (TPSA) is 29.9 Å². The first-order valence-corrected chi connectivity index (χ1v) is 8.00. The maximum atomic E-state index is 4.67. The van der Waals surface area contributed by atoms with Gasteiger partial charge in [-0.25, -0.2) is 4.68 Å². The number of nitrogens with zero attached hydrogens (tertiary/aromatic N) is 2. The third-order valence-electron chi connectivity index (χ3n) is 3.61. The third-order valence-corrected chi connectivity index (χ3v) is 4.35. The molecule has 1 aromatic heterocycles. The molecule has 1 aromatic carbocycles. The van der Waals surface area contributed by atoms with E-state index in [0.29, 0.717) is 12.0 Å². The molecule has 0 unspecified atom stereocenters. The van der Waals surface area contributed by atoms with Gasteiger partial charge in [0.05, 0.1) is 11.4 Å². The first-order valence-electron chi connectivity index (χ1n) is 7.21. The second-order valence-corrected chi connectivity index (χ2v) is 6.63. The van der Waals surface area contributed by atoms with Crippen molar-refractivity contribution < 1.29 is 0 Å². The fourth-order valence-electron chi connectivity index (χ4n) is 2.21. The molecule has 2 aromatic rings. The molecule has 3 rings (SSSR count). The van der Waals surface area contributed by atoms with Gasteiger partial charge < -0.3 is 5.32 Å². The molecule has 1 fully saturated rings. The molecule has 1 aliphatic rings. The van der Waals surface area contributed by atoms with Crippen LogP contribution in [0.1, 0.15) is 43.9 Å². The van der Waals surface area contributed by atoms with Crippen molar-refractivity contribution in [2.24, 2.45) is 0 Å². The van der Waals surface area contributed by atoms with E-state index in [4.69, 9.17) is 0 Å². The van der Waals surface area contributed by atoms with E-state index in [-0.39, 0.29) is 0 Å². The second-order valence-electron chi connectivity index (χ2n) is 5.77. The minimum absolute atomic E-state index is 0.494. The van der Waals surface area contributed by atoms with Gasteiger partial charge in [0.15, 0.2) is 0 Å². The molecule has 0 bridgehead atoms. The van der Waals surface area contributed by atoms with Crippen molar-refractivity contribution in [3.05, 3.63) is 46.2 Å². The van der Waals surface area contributed by atoms with E-state index in [1.165, 1.54) is 24.1 Å². The van der Waals surface area contributed by atoms with Crippen LogP contribution in [-0.2, 0) is 6.54 Å². The standard InChI is InChI=1S/C16H20BrN3/c1-11(2)18-10-13-5-6-14(9-15(13)17)20-8-7-16(19-20)12-3-4-12/h5-9,11-12,18H,3-4,10H2,1-2H3. The van der Waals surface area contributed by atoms with Gasteiger partial charge in [0.1, 0.15) is 0 Å². The lowest BCUT2D eigenvalue weighted by Crippen LogP contribution is -2.22. The van der Waals surface area contributed by atoms with Gasteiger partial charge >= 0.3 is 0 Å². The van der Waals surface area contributed by atoms with Gasteiger partial charge in [-0.1, -0.05) is 35.8 Å². The monoisotopic (exact) mass is 333 g/mol. The van der Waals surface area contributed by atoms with Crippen molar-refractivity contribution in [1.29, 1.82) is 0 Å². The van der Waals surface area contributed by atoms with Gasteiger partial charge in [0.2, 0.25) is 0 Å². The number of halogens is 1. The summed E-state index contributed by atoms with van der Waals surface area (Å²) < 4.78 is 3.10. The Hall–Kier alpha value is -1.13. The quantitative estimate of drug-likeness (QED) is 0.895. The number of aromatic nitrogens is 2. The van der Waals surface area contributed by atoms with Crippen LogP contribution in [0.25, 0.3) is 5.69 Å². The Kier molecular flexibility index (Phi) is 3.94. The van der Waals surface area contributed by atoms with E-state index < -0.39 is 0 Å². The molecule has 0 radical (unpaired) electrons. The Morgan fingerprint density at radius 2 is 2.15 bits per heavy atom. The first kappa shape index (κ1) is 13.8. The molecule has 0 spiro atoms. The summed E-state index contributed by atoms with van der Waals surface area (Å²) in [5.74, 6) is 0.703. The summed E-state index contributed by atoms with van der Waals surface area (Å²) in [5, 5.41) is 8.10. The van der Waals surface area contributed by atoms with Gasteiger partial charge in [-0.05, 0) is 36.6 Å². The summed E-state index contributed by atoms with van der Waals surface area (Å²) in [6.07, 6.45) is 4.64. The van der Waals surface area contributed by atoms with Crippen molar-refractivity contribution in [3.63, 3.8) is 0 Å². The average molecular weight is 334 g/mol. The summed E-state index contributed by atoms with van der Waals surface area (Å²) in [4.78, 5) is 0. The Labute approximate surface area is 128 Å². The molecule has 4 heteroatoms. The van der Waals surface area contributed by atoms with Crippen molar-refractivity contribution in [1.82, 2.24) is 15.1 Å².